The molecule has 262 valence electrons. The molecule has 1 fully saturated rings. The van der Waals surface area contributed by atoms with Gasteiger partial charge in [0.15, 0.2) is 16.9 Å². The highest BCUT2D eigenvalue weighted by atomic mass is 32.2. The molecule has 3 aliphatic rings. The standard InChI is InChI=1S/C45H49N3O2S/c1-6-7-24-51-42-23-18-32(26-41(42)49-5)16-17-34-25-33(27-44(2,3)28-34)12-11-15-40-39(31-48)43(37(29-46)30-47)50-45(40,4)38-21-19-36(20-22-38)35-13-9-8-10-14-35/h11-12,15-23,25-26,35H,6-10,13-14,24,27-28H2,1-5H3/b15-11+,17-16+,33-12-. The summed E-state index contributed by atoms with van der Waals surface area (Å²) in [6.45, 7) is 8.70. The SMILES string of the molecule is CCCCSc1ccc(/C=C/C2=CC(=C/C=C/C3=C(C#N)C(=C(C#N)C#N)OC3(C)c3ccc(C4CCCCC4)cc3)/CC(C)(C)C2)cc1OC. The predicted molar refractivity (Wildman–Crippen MR) is 208 cm³/mol. The zero-order valence-electron chi connectivity index (χ0n) is 30.7. The van der Waals surface area contributed by atoms with E-state index in [0.717, 1.165) is 35.5 Å². The highest BCUT2D eigenvalue weighted by molar-refractivity contribution is 7.99. The van der Waals surface area contributed by atoms with E-state index in [0.29, 0.717) is 11.5 Å². The molecule has 5 rings (SSSR count). The number of ether oxygens (including phenoxy) is 2. The van der Waals surface area contributed by atoms with Crippen LogP contribution in [0.15, 0.2) is 111 Å². The maximum Gasteiger partial charge on any atom is 0.172 e. The third kappa shape index (κ3) is 8.97. The fraction of sp³-hybridized carbons (Fsp3) is 0.400. The highest BCUT2D eigenvalue weighted by Gasteiger charge is 2.44. The predicted octanol–water partition coefficient (Wildman–Crippen LogP) is 11.9. The van der Waals surface area contributed by atoms with Gasteiger partial charge in [0.25, 0.3) is 0 Å². The van der Waals surface area contributed by atoms with Crippen LogP contribution >= 0.6 is 11.8 Å². The quantitative estimate of drug-likeness (QED) is 0.132. The molecule has 0 spiro atoms. The lowest BCUT2D eigenvalue weighted by molar-refractivity contribution is 0.0754. The van der Waals surface area contributed by atoms with Crippen LogP contribution in [0.1, 0.15) is 108 Å². The zero-order valence-corrected chi connectivity index (χ0v) is 31.5. The Hall–Kier alpha value is -4.70. The van der Waals surface area contributed by atoms with Gasteiger partial charge in [0.1, 0.15) is 29.5 Å². The molecule has 6 heteroatoms. The number of benzene rings is 2. The first-order valence-electron chi connectivity index (χ1n) is 18.2. The summed E-state index contributed by atoms with van der Waals surface area (Å²) in [5.74, 6) is 2.60. The number of nitrogens with zero attached hydrogens (tertiary/aromatic N) is 3. The van der Waals surface area contributed by atoms with E-state index in [9.17, 15) is 15.8 Å². The van der Waals surface area contributed by atoms with Gasteiger partial charge in [-0.05, 0) is 96.1 Å². The van der Waals surface area contributed by atoms with E-state index in [-0.39, 0.29) is 22.3 Å². The molecule has 51 heavy (non-hydrogen) atoms. The van der Waals surface area contributed by atoms with Gasteiger partial charge < -0.3 is 9.47 Å². The minimum atomic E-state index is -1.04. The van der Waals surface area contributed by atoms with Crippen LogP contribution in [0.3, 0.4) is 0 Å². The van der Waals surface area contributed by atoms with Crippen molar-refractivity contribution in [2.45, 2.75) is 102 Å². The van der Waals surface area contributed by atoms with Gasteiger partial charge in [0.2, 0.25) is 0 Å². The third-order valence-corrected chi connectivity index (χ3v) is 11.3. The van der Waals surface area contributed by atoms with Crippen LogP contribution in [-0.2, 0) is 10.3 Å². The number of hydrogen-bond acceptors (Lipinski definition) is 6. The summed E-state index contributed by atoms with van der Waals surface area (Å²) in [6, 6.07) is 21.0. The van der Waals surface area contributed by atoms with Crippen LogP contribution in [0.4, 0.5) is 0 Å². The van der Waals surface area contributed by atoms with Gasteiger partial charge in [-0.1, -0.05) is 113 Å². The Kier molecular flexibility index (Phi) is 12.5. The van der Waals surface area contributed by atoms with Crippen molar-refractivity contribution >= 4 is 17.8 Å². The minimum Gasteiger partial charge on any atom is -0.496 e. The lowest BCUT2D eigenvalue weighted by atomic mass is 9.75. The second-order valence-corrected chi connectivity index (χ2v) is 15.8. The maximum absolute atomic E-state index is 10.3. The number of unbranched alkanes of at least 4 members (excludes halogenated alkanes) is 1. The van der Waals surface area contributed by atoms with Crippen LogP contribution in [0.25, 0.3) is 6.08 Å². The molecule has 0 radical (unpaired) electrons. The molecule has 0 aromatic heterocycles. The van der Waals surface area contributed by atoms with E-state index in [2.05, 4.69) is 93.6 Å². The van der Waals surface area contributed by atoms with Crippen molar-refractivity contribution in [3.05, 3.63) is 123 Å². The molecule has 2 aliphatic carbocycles. The van der Waals surface area contributed by atoms with E-state index >= 15 is 0 Å². The van der Waals surface area contributed by atoms with Gasteiger partial charge in [-0.25, -0.2) is 0 Å². The second-order valence-electron chi connectivity index (χ2n) is 14.7. The lowest BCUT2D eigenvalue weighted by Gasteiger charge is -2.30. The van der Waals surface area contributed by atoms with E-state index in [1.165, 1.54) is 66.6 Å². The van der Waals surface area contributed by atoms with Crippen LogP contribution in [0, 0.1) is 39.4 Å². The molecule has 2 aromatic carbocycles. The van der Waals surface area contributed by atoms with Crippen molar-refractivity contribution in [2.24, 2.45) is 5.41 Å². The number of thioether (sulfide) groups is 1. The minimum absolute atomic E-state index is 0.0454. The number of allylic oxidation sites excluding steroid dienone is 8. The Balaban J connectivity index is 1.44. The molecule has 1 saturated carbocycles. The molecule has 1 unspecified atom stereocenters. The average molecular weight is 696 g/mol. The molecule has 0 amide bonds. The molecular weight excluding hydrogens is 647 g/mol. The Morgan fingerprint density at radius 2 is 1.71 bits per heavy atom. The summed E-state index contributed by atoms with van der Waals surface area (Å²) < 4.78 is 12.1. The Morgan fingerprint density at radius 3 is 2.37 bits per heavy atom. The van der Waals surface area contributed by atoms with E-state index in [1.54, 1.807) is 7.11 Å². The van der Waals surface area contributed by atoms with Crippen molar-refractivity contribution in [1.29, 1.82) is 15.8 Å². The molecule has 1 atom stereocenters. The van der Waals surface area contributed by atoms with Crippen molar-refractivity contribution < 1.29 is 9.47 Å². The average Bonchev–Trinajstić information content (AvgIpc) is 3.43. The highest BCUT2D eigenvalue weighted by Crippen LogP contribution is 2.48. The number of methoxy groups -OCH3 is 1. The summed E-state index contributed by atoms with van der Waals surface area (Å²) >= 11 is 1.84. The smallest absolute Gasteiger partial charge is 0.172 e. The van der Waals surface area contributed by atoms with Gasteiger partial charge >= 0.3 is 0 Å². The number of hydrogen-bond donors (Lipinski definition) is 0. The third-order valence-electron chi connectivity index (χ3n) is 10.2. The van der Waals surface area contributed by atoms with E-state index in [1.807, 2.05) is 43.0 Å². The first kappa shape index (κ1) is 37.6. The summed E-state index contributed by atoms with van der Waals surface area (Å²) in [4.78, 5) is 1.17. The van der Waals surface area contributed by atoms with E-state index < -0.39 is 5.60 Å². The summed E-state index contributed by atoms with van der Waals surface area (Å²) in [6.07, 6.45) is 23.1. The molecule has 5 nitrogen and oxygen atoms in total. The Bertz CT molecular complexity index is 1900. The summed E-state index contributed by atoms with van der Waals surface area (Å²) in [5, 5.41) is 29.8. The number of rotatable bonds is 11. The lowest BCUT2D eigenvalue weighted by Crippen LogP contribution is -2.23. The largest absolute Gasteiger partial charge is 0.496 e. The van der Waals surface area contributed by atoms with Crippen molar-refractivity contribution in [2.75, 3.05) is 12.9 Å². The zero-order chi connectivity index (χ0) is 36.4. The van der Waals surface area contributed by atoms with Gasteiger partial charge in [0.05, 0.1) is 7.11 Å². The maximum atomic E-state index is 10.3. The van der Waals surface area contributed by atoms with Crippen LogP contribution in [0.5, 0.6) is 5.75 Å². The van der Waals surface area contributed by atoms with Crippen LogP contribution < -0.4 is 4.74 Å². The Morgan fingerprint density at radius 1 is 0.961 bits per heavy atom. The number of nitriles is 3. The molecule has 1 aliphatic heterocycles. The van der Waals surface area contributed by atoms with Gasteiger partial charge in [-0.3, -0.25) is 0 Å². The topological polar surface area (TPSA) is 89.8 Å². The van der Waals surface area contributed by atoms with Crippen LogP contribution in [-0.4, -0.2) is 12.9 Å². The summed E-state index contributed by atoms with van der Waals surface area (Å²) in [7, 11) is 1.73. The second kappa shape index (κ2) is 17.0. The molecular formula is C45H49N3O2S. The first-order chi connectivity index (χ1) is 24.6. The monoisotopic (exact) mass is 695 g/mol. The van der Waals surface area contributed by atoms with Gasteiger partial charge in [-0.15, -0.1) is 11.8 Å². The fourth-order valence-corrected chi connectivity index (χ4v) is 8.58. The molecule has 0 saturated heterocycles. The first-order valence-corrected chi connectivity index (χ1v) is 19.2. The molecule has 0 bridgehead atoms. The fourth-order valence-electron chi connectivity index (χ4n) is 7.48. The van der Waals surface area contributed by atoms with Crippen molar-refractivity contribution in [3.8, 4) is 24.0 Å². The van der Waals surface area contributed by atoms with Gasteiger partial charge in [0, 0.05) is 10.5 Å². The van der Waals surface area contributed by atoms with Crippen LogP contribution in [0.2, 0.25) is 0 Å². The summed E-state index contributed by atoms with van der Waals surface area (Å²) in [5.41, 5.74) is 5.41. The Labute approximate surface area is 309 Å². The molecule has 0 N–H and O–H groups in total. The van der Waals surface area contributed by atoms with E-state index in [4.69, 9.17) is 9.47 Å². The molecule has 2 aromatic rings. The van der Waals surface area contributed by atoms with Crippen molar-refractivity contribution in [1.82, 2.24) is 0 Å². The van der Waals surface area contributed by atoms with Crippen molar-refractivity contribution in [3.63, 3.8) is 0 Å². The normalized spacial score (nSPS) is 21.3. The molecule has 1 heterocycles. The van der Waals surface area contributed by atoms with Gasteiger partial charge in [-0.2, -0.15) is 15.8 Å².